The molecular formula is C13H15Br2F. The number of hydrogen-bond donors (Lipinski definition) is 0. The summed E-state index contributed by atoms with van der Waals surface area (Å²) in [6.45, 7) is 0. The van der Waals surface area contributed by atoms with Crippen molar-refractivity contribution < 1.29 is 4.39 Å². The van der Waals surface area contributed by atoms with Crippen molar-refractivity contribution >= 4 is 31.9 Å². The van der Waals surface area contributed by atoms with E-state index in [2.05, 4.69) is 31.9 Å². The highest BCUT2D eigenvalue weighted by Crippen LogP contribution is 2.32. The number of hydrogen-bond acceptors (Lipinski definition) is 0. The van der Waals surface area contributed by atoms with Gasteiger partial charge in [0, 0.05) is 9.30 Å². The SMILES string of the molecule is Fc1ccc(CC2CCCC(Br)C2)c(Br)c1. The molecule has 1 aliphatic carbocycles. The van der Waals surface area contributed by atoms with E-state index >= 15 is 0 Å². The van der Waals surface area contributed by atoms with Crippen molar-refractivity contribution in [3.8, 4) is 0 Å². The molecule has 3 heteroatoms. The molecule has 0 N–H and O–H groups in total. The molecule has 0 nitrogen and oxygen atoms in total. The highest BCUT2D eigenvalue weighted by atomic mass is 79.9. The quantitative estimate of drug-likeness (QED) is 0.653. The number of benzene rings is 1. The summed E-state index contributed by atoms with van der Waals surface area (Å²) in [6, 6.07) is 5.01. The Labute approximate surface area is 113 Å². The summed E-state index contributed by atoms with van der Waals surface area (Å²) in [5, 5.41) is 0. The smallest absolute Gasteiger partial charge is 0.124 e. The van der Waals surface area contributed by atoms with Gasteiger partial charge in [0.05, 0.1) is 0 Å². The highest BCUT2D eigenvalue weighted by molar-refractivity contribution is 9.10. The van der Waals surface area contributed by atoms with E-state index in [1.807, 2.05) is 6.07 Å². The van der Waals surface area contributed by atoms with Crippen LogP contribution in [0.2, 0.25) is 0 Å². The Morgan fingerprint density at radius 2 is 2.12 bits per heavy atom. The molecular weight excluding hydrogens is 335 g/mol. The van der Waals surface area contributed by atoms with Gasteiger partial charge in [-0.05, 0) is 42.9 Å². The third kappa shape index (κ3) is 3.30. The van der Waals surface area contributed by atoms with Crippen LogP contribution in [0, 0.1) is 11.7 Å². The van der Waals surface area contributed by atoms with E-state index in [-0.39, 0.29) is 5.82 Å². The van der Waals surface area contributed by atoms with Gasteiger partial charge in [-0.15, -0.1) is 0 Å². The van der Waals surface area contributed by atoms with Gasteiger partial charge in [0.1, 0.15) is 5.82 Å². The average Bonchev–Trinajstić information content (AvgIpc) is 2.22. The Morgan fingerprint density at radius 3 is 2.81 bits per heavy atom. The van der Waals surface area contributed by atoms with Crippen molar-refractivity contribution in [2.75, 3.05) is 0 Å². The molecule has 0 heterocycles. The van der Waals surface area contributed by atoms with Gasteiger partial charge in [-0.25, -0.2) is 4.39 Å². The second-order valence-corrected chi connectivity index (χ2v) is 6.72. The van der Waals surface area contributed by atoms with E-state index in [1.54, 1.807) is 12.1 Å². The summed E-state index contributed by atoms with van der Waals surface area (Å²) in [7, 11) is 0. The Kier molecular flexibility index (Phi) is 4.42. The van der Waals surface area contributed by atoms with Crippen LogP contribution in [0.3, 0.4) is 0 Å². The fraction of sp³-hybridized carbons (Fsp3) is 0.538. The van der Waals surface area contributed by atoms with Crippen LogP contribution in [0.15, 0.2) is 22.7 Å². The van der Waals surface area contributed by atoms with Crippen LogP contribution in [-0.2, 0) is 6.42 Å². The largest absolute Gasteiger partial charge is 0.207 e. The van der Waals surface area contributed by atoms with Gasteiger partial charge in [0.25, 0.3) is 0 Å². The molecule has 1 aromatic rings. The van der Waals surface area contributed by atoms with Gasteiger partial charge in [-0.2, -0.15) is 0 Å². The molecule has 0 amide bonds. The van der Waals surface area contributed by atoms with Crippen molar-refractivity contribution in [3.63, 3.8) is 0 Å². The molecule has 88 valence electrons. The lowest BCUT2D eigenvalue weighted by Gasteiger charge is -2.26. The molecule has 1 aromatic carbocycles. The van der Waals surface area contributed by atoms with E-state index in [9.17, 15) is 4.39 Å². The molecule has 0 saturated heterocycles. The van der Waals surface area contributed by atoms with Gasteiger partial charge in [-0.1, -0.05) is 50.8 Å². The lowest BCUT2D eigenvalue weighted by molar-refractivity contribution is 0.367. The zero-order valence-corrected chi connectivity index (χ0v) is 12.2. The first-order valence-corrected chi connectivity index (χ1v) is 7.44. The second kappa shape index (κ2) is 5.63. The summed E-state index contributed by atoms with van der Waals surface area (Å²) in [5.41, 5.74) is 1.23. The van der Waals surface area contributed by atoms with Crippen LogP contribution in [0.25, 0.3) is 0 Å². The second-order valence-electron chi connectivity index (χ2n) is 4.57. The van der Waals surface area contributed by atoms with E-state index in [0.717, 1.165) is 16.8 Å². The summed E-state index contributed by atoms with van der Waals surface area (Å²) in [4.78, 5) is 0.672. The average molecular weight is 350 g/mol. The maximum atomic E-state index is 13.0. The summed E-state index contributed by atoms with van der Waals surface area (Å²) in [5.74, 6) is 0.567. The number of rotatable bonds is 2. The number of halogens is 3. The summed E-state index contributed by atoms with van der Waals surface area (Å²) >= 11 is 7.14. The minimum absolute atomic E-state index is 0.169. The van der Waals surface area contributed by atoms with E-state index in [1.165, 1.54) is 31.2 Å². The van der Waals surface area contributed by atoms with Crippen molar-refractivity contribution in [1.82, 2.24) is 0 Å². The fourth-order valence-electron chi connectivity index (χ4n) is 2.41. The van der Waals surface area contributed by atoms with Crippen molar-refractivity contribution in [2.45, 2.75) is 36.9 Å². The summed E-state index contributed by atoms with van der Waals surface area (Å²) in [6.07, 6.45) is 6.19. The van der Waals surface area contributed by atoms with Crippen molar-refractivity contribution in [2.24, 2.45) is 5.92 Å². The Balaban J connectivity index is 2.02. The Morgan fingerprint density at radius 1 is 1.31 bits per heavy atom. The van der Waals surface area contributed by atoms with Crippen LogP contribution in [0.4, 0.5) is 4.39 Å². The molecule has 1 fully saturated rings. The first-order chi connectivity index (χ1) is 7.65. The molecule has 0 spiro atoms. The van der Waals surface area contributed by atoms with Crippen LogP contribution >= 0.6 is 31.9 Å². The Hall–Kier alpha value is 0.110. The van der Waals surface area contributed by atoms with E-state index in [4.69, 9.17) is 0 Å². The van der Waals surface area contributed by atoms with E-state index < -0.39 is 0 Å². The molecule has 0 aliphatic heterocycles. The molecule has 0 radical (unpaired) electrons. The normalized spacial score (nSPS) is 25.7. The molecule has 1 saturated carbocycles. The van der Waals surface area contributed by atoms with E-state index in [0.29, 0.717) is 4.83 Å². The Bertz CT molecular complexity index is 365. The first kappa shape index (κ1) is 12.6. The molecule has 2 rings (SSSR count). The third-order valence-electron chi connectivity index (χ3n) is 3.24. The number of alkyl halides is 1. The third-order valence-corrected chi connectivity index (χ3v) is 4.81. The molecule has 2 atom stereocenters. The predicted molar refractivity (Wildman–Crippen MR) is 72.5 cm³/mol. The highest BCUT2D eigenvalue weighted by Gasteiger charge is 2.20. The standard InChI is InChI=1S/C13H15Br2F/c14-11-3-1-2-9(7-11)6-10-4-5-12(16)8-13(10)15/h4-5,8-9,11H,1-3,6-7H2. The van der Waals surface area contributed by atoms with Crippen LogP contribution in [0.5, 0.6) is 0 Å². The minimum atomic E-state index is -0.169. The maximum Gasteiger partial charge on any atom is 0.124 e. The van der Waals surface area contributed by atoms with Gasteiger partial charge in [0.2, 0.25) is 0 Å². The lowest BCUT2D eigenvalue weighted by atomic mass is 9.85. The topological polar surface area (TPSA) is 0 Å². The van der Waals surface area contributed by atoms with Crippen LogP contribution in [-0.4, -0.2) is 4.83 Å². The minimum Gasteiger partial charge on any atom is -0.207 e. The monoisotopic (exact) mass is 348 g/mol. The lowest BCUT2D eigenvalue weighted by Crippen LogP contribution is -2.17. The molecule has 2 unspecified atom stereocenters. The van der Waals surface area contributed by atoms with Crippen molar-refractivity contribution in [1.29, 1.82) is 0 Å². The zero-order valence-electron chi connectivity index (χ0n) is 9.06. The molecule has 16 heavy (non-hydrogen) atoms. The van der Waals surface area contributed by atoms with Crippen molar-refractivity contribution in [3.05, 3.63) is 34.1 Å². The van der Waals surface area contributed by atoms with Gasteiger partial charge < -0.3 is 0 Å². The van der Waals surface area contributed by atoms with Gasteiger partial charge in [-0.3, -0.25) is 0 Å². The maximum absolute atomic E-state index is 13.0. The van der Waals surface area contributed by atoms with Gasteiger partial charge >= 0.3 is 0 Å². The fourth-order valence-corrected chi connectivity index (χ4v) is 3.77. The zero-order chi connectivity index (χ0) is 11.5. The predicted octanol–water partition coefficient (Wildman–Crippen LogP) is 5.08. The van der Waals surface area contributed by atoms with Gasteiger partial charge in [0.15, 0.2) is 0 Å². The molecule has 0 bridgehead atoms. The van der Waals surface area contributed by atoms with Crippen LogP contribution in [0.1, 0.15) is 31.2 Å². The molecule has 0 aromatic heterocycles. The first-order valence-electron chi connectivity index (χ1n) is 5.73. The summed E-state index contributed by atoms with van der Waals surface area (Å²) < 4.78 is 13.9. The molecule has 1 aliphatic rings. The van der Waals surface area contributed by atoms with Crippen LogP contribution < -0.4 is 0 Å².